The molecule has 0 fully saturated rings. The highest BCUT2D eigenvalue weighted by Crippen LogP contribution is 2.49. The molecule has 1 aliphatic heterocycles. The Kier molecular flexibility index (Phi) is 6.02. The average molecular weight is 450 g/mol. The van der Waals surface area contributed by atoms with Gasteiger partial charge in [-0.25, -0.2) is 4.99 Å². The zero-order valence-electron chi connectivity index (χ0n) is 18.1. The Bertz CT molecular complexity index is 1300. The fraction of sp³-hybridized carbons (Fsp3) is 0.0690. The van der Waals surface area contributed by atoms with E-state index in [-0.39, 0.29) is 0 Å². The first-order chi connectivity index (χ1) is 15.7. The molecule has 0 unspecified atom stereocenters. The molecule has 0 amide bonds. The van der Waals surface area contributed by atoms with Gasteiger partial charge in [0.25, 0.3) is 0 Å². The van der Waals surface area contributed by atoms with Crippen molar-refractivity contribution < 1.29 is 0 Å². The normalized spacial score (nSPS) is 14.5. The van der Waals surface area contributed by atoms with Crippen molar-refractivity contribution in [1.82, 2.24) is 0 Å². The molecule has 0 saturated carbocycles. The SMILES string of the molecule is Cc1ccc(SC2=Nc3ccccc3/C(=C(/c3ccccc3)c3ccc(C)cc3)S2)cc1. The molecule has 0 aromatic heterocycles. The van der Waals surface area contributed by atoms with Gasteiger partial charge in [-0.3, -0.25) is 0 Å². The standard InChI is InChI=1S/C29H23NS2/c1-20-12-16-23(17-13-20)27(22-8-4-3-5-9-22)28-25-10-6-7-11-26(25)30-29(32-28)31-24-18-14-21(2)15-19-24/h3-19H,1-2H3/b28-27+. The molecule has 0 spiro atoms. The minimum Gasteiger partial charge on any atom is -0.234 e. The number of fused-ring (bicyclic) bond motifs is 1. The van der Waals surface area contributed by atoms with Gasteiger partial charge in [-0.1, -0.05) is 120 Å². The van der Waals surface area contributed by atoms with Crippen molar-refractivity contribution >= 4 is 44.1 Å². The van der Waals surface area contributed by atoms with Gasteiger partial charge in [0.05, 0.1) is 5.69 Å². The molecule has 1 nitrogen and oxygen atoms in total. The first-order valence-electron chi connectivity index (χ1n) is 10.6. The van der Waals surface area contributed by atoms with Gasteiger partial charge >= 0.3 is 0 Å². The summed E-state index contributed by atoms with van der Waals surface area (Å²) in [4.78, 5) is 7.46. The number of hydrogen-bond donors (Lipinski definition) is 0. The molecule has 0 N–H and O–H groups in total. The number of nitrogens with zero attached hydrogens (tertiary/aromatic N) is 1. The molecular formula is C29H23NS2. The molecule has 4 aromatic rings. The van der Waals surface area contributed by atoms with Crippen molar-refractivity contribution in [3.63, 3.8) is 0 Å². The lowest BCUT2D eigenvalue weighted by molar-refractivity contribution is 1.38. The first kappa shape index (κ1) is 20.9. The summed E-state index contributed by atoms with van der Waals surface area (Å²) in [5, 5.41) is 0. The minimum absolute atomic E-state index is 1.02. The van der Waals surface area contributed by atoms with E-state index < -0.39 is 0 Å². The molecule has 0 radical (unpaired) electrons. The molecule has 0 aliphatic carbocycles. The van der Waals surface area contributed by atoms with Crippen LogP contribution in [0.1, 0.15) is 27.8 Å². The van der Waals surface area contributed by atoms with Gasteiger partial charge in [0.15, 0.2) is 0 Å². The monoisotopic (exact) mass is 449 g/mol. The summed E-state index contributed by atoms with van der Waals surface area (Å²) in [5.41, 5.74) is 8.43. The average Bonchev–Trinajstić information content (AvgIpc) is 2.83. The third-order valence-electron chi connectivity index (χ3n) is 5.41. The maximum atomic E-state index is 5.01. The number of para-hydroxylation sites is 1. The highest BCUT2D eigenvalue weighted by Gasteiger charge is 2.23. The molecule has 5 rings (SSSR count). The smallest absolute Gasteiger partial charge is 0.140 e. The van der Waals surface area contributed by atoms with Crippen molar-refractivity contribution in [2.45, 2.75) is 18.7 Å². The highest BCUT2D eigenvalue weighted by molar-refractivity contribution is 8.42. The molecule has 32 heavy (non-hydrogen) atoms. The zero-order chi connectivity index (χ0) is 21.9. The van der Waals surface area contributed by atoms with E-state index in [9.17, 15) is 0 Å². The van der Waals surface area contributed by atoms with Crippen LogP contribution in [0.15, 0.2) is 113 Å². The van der Waals surface area contributed by atoms with E-state index in [1.807, 2.05) is 0 Å². The Hall–Kier alpha value is -3.01. The van der Waals surface area contributed by atoms with E-state index in [1.165, 1.54) is 43.2 Å². The van der Waals surface area contributed by atoms with Crippen molar-refractivity contribution in [2.24, 2.45) is 4.99 Å². The zero-order valence-corrected chi connectivity index (χ0v) is 19.7. The summed E-state index contributed by atoms with van der Waals surface area (Å²) in [6.45, 7) is 4.25. The van der Waals surface area contributed by atoms with Gasteiger partial charge in [-0.15, -0.1) is 0 Å². The highest BCUT2D eigenvalue weighted by atomic mass is 32.2. The van der Waals surface area contributed by atoms with Crippen molar-refractivity contribution in [2.75, 3.05) is 0 Å². The van der Waals surface area contributed by atoms with Crippen molar-refractivity contribution in [1.29, 1.82) is 0 Å². The van der Waals surface area contributed by atoms with Crippen LogP contribution in [0.25, 0.3) is 10.5 Å². The number of thioether (sulfide) groups is 2. The number of aliphatic imine (C=N–C) groups is 1. The molecule has 156 valence electrons. The lowest BCUT2D eigenvalue weighted by Crippen LogP contribution is -2.00. The third kappa shape index (κ3) is 4.45. The first-order valence-corrected chi connectivity index (χ1v) is 12.3. The summed E-state index contributed by atoms with van der Waals surface area (Å²) in [5.74, 6) is 0. The summed E-state index contributed by atoms with van der Waals surface area (Å²) < 4.78 is 1.04. The molecule has 1 heterocycles. The number of rotatable bonds is 3. The fourth-order valence-corrected chi connectivity index (χ4v) is 5.98. The Morgan fingerprint density at radius 1 is 0.656 bits per heavy atom. The quantitative estimate of drug-likeness (QED) is 0.310. The lowest BCUT2D eigenvalue weighted by Gasteiger charge is -2.22. The molecule has 0 saturated heterocycles. The van der Waals surface area contributed by atoms with Crippen LogP contribution in [-0.4, -0.2) is 4.38 Å². The van der Waals surface area contributed by atoms with Crippen molar-refractivity contribution in [3.8, 4) is 0 Å². The van der Waals surface area contributed by atoms with Crippen LogP contribution in [0, 0.1) is 13.8 Å². The molecule has 0 bridgehead atoms. The summed E-state index contributed by atoms with van der Waals surface area (Å²) in [6.07, 6.45) is 0. The minimum atomic E-state index is 1.02. The topological polar surface area (TPSA) is 12.4 Å². The molecule has 0 atom stereocenters. The van der Waals surface area contributed by atoms with E-state index in [0.29, 0.717) is 0 Å². The second kappa shape index (κ2) is 9.23. The van der Waals surface area contributed by atoms with E-state index in [0.717, 1.165) is 10.1 Å². The molecule has 4 aromatic carbocycles. The summed E-state index contributed by atoms with van der Waals surface area (Å²) in [7, 11) is 0. The van der Waals surface area contributed by atoms with E-state index >= 15 is 0 Å². The van der Waals surface area contributed by atoms with Crippen LogP contribution < -0.4 is 0 Å². The number of benzene rings is 4. The maximum Gasteiger partial charge on any atom is 0.140 e. The van der Waals surface area contributed by atoms with Crippen molar-refractivity contribution in [3.05, 3.63) is 131 Å². The lowest BCUT2D eigenvalue weighted by atomic mass is 9.94. The van der Waals surface area contributed by atoms with E-state index in [2.05, 4.69) is 117 Å². The van der Waals surface area contributed by atoms with Gasteiger partial charge < -0.3 is 0 Å². The van der Waals surface area contributed by atoms with E-state index in [4.69, 9.17) is 4.99 Å². The Morgan fingerprint density at radius 2 is 1.25 bits per heavy atom. The van der Waals surface area contributed by atoms with Crippen LogP contribution in [0.4, 0.5) is 5.69 Å². The van der Waals surface area contributed by atoms with Crippen LogP contribution >= 0.6 is 23.5 Å². The second-order valence-corrected chi connectivity index (χ2v) is 10.2. The Morgan fingerprint density at radius 3 is 1.97 bits per heavy atom. The van der Waals surface area contributed by atoms with Gasteiger partial charge in [0.1, 0.15) is 4.38 Å². The molecule has 3 heteroatoms. The third-order valence-corrected chi connectivity index (χ3v) is 7.57. The van der Waals surface area contributed by atoms with Crippen LogP contribution in [0.2, 0.25) is 0 Å². The van der Waals surface area contributed by atoms with Crippen LogP contribution in [-0.2, 0) is 0 Å². The van der Waals surface area contributed by atoms with Crippen LogP contribution in [0.3, 0.4) is 0 Å². The van der Waals surface area contributed by atoms with Gasteiger partial charge in [0.2, 0.25) is 0 Å². The van der Waals surface area contributed by atoms with Gasteiger partial charge in [-0.2, -0.15) is 0 Å². The van der Waals surface area contributed by atoms with E-state index in [1.54, 1.807) is 23.5 Å². The van der Waals surface area contributed by atoms with Gasteiger partial charge in [-0.05, 0) is 43.2 Å². The maximum absolute atomic E-state index is 5.01. The van der Waals surface area contributed by atoms with Crippen LogP contribution in [0.5, 0.6) is 0 Å². The summed E-state index contributed by atoms with van der Waals surface area (Å²) >= 11 is 3.50. The largest absolute Gasteiger partial charge is 0.234 e. The number of aryl methyl sites for hydroxylation is 2. The predicted molar refractivity (Wildman–Crippen MR) is 142 cm³/mol. The van der Waals surface area contributed by atoms with Gasteiger partial charge in [0, 0.05) is 20.9 Å². The Labute approximate surface area is 198 Å². The number of hydrogen-bond acceptors (Lipinski definition) is 3. The fourth-order valence-electron chi connectivity index (χ4n) is 3.72. The molecular weight excluding hydrogens is 426 g/mol. The molecule has 1 aliphatic rings. The predicted octanol–water partition coefficient (Wildman–Crippen LogP) is 8.75. The second-order valence-electron chi connectivity index (χ2n) is 7.85. The summed E-state index contributed by atoms with van der Waals surface area (Å²) in [6, 6.07) is 36.6. The Balaban J connectivity index is 1.68.